The zero-order valence-electron chi connectivity index (χ0n) is 18.2. The van der Waals surface area contributed by atoms with Crippen molar-refractivity contribution < 1.29 is 28.3 Å². The number of aromatic nitrogens is 3. The fraction of sp³-hybridized carbons (Fsp3) is 0.375. The lowest BCUT2D eigenvalue weighted by atomic mass is 10.0. The third kappa shape index (κ3) is 5.67. The Morgan fingerprint density at radius 1 is 1.27 bits per heavy atom. The second-order valence-corrected chi connectivity index (χ2v) is 8.08. The van der Waals surface area contributed by atoms with Gasteiger partial charge in [-0.05, 0) is 56.0 Å². The molecule has 1 unspecified atom stereocenters. The Morgan fingerprint density at radius 2 is 2.09 bits per heavy atom. The van der Waals surface area contributed by atoms with Crippen LogP contribution in [0.2, 0.25) is 0 Å². The van der Waals surface area contributed by atoms with Gasteiger partial charge in [0, 0.05) is 30.9 Å². The lowest BCUT2D eigenvalue weighted by Gasteiger charge is -2.10. The molecule has 172 valence electrons. The molecule has 0 bridgehead atoms. The van der Waals surface area contributed by atoms with Crippen LogP contribution in [-0.2, 0) is 11.2 Å². The first-order chi connectivity index (χ1) is 15.9. The summed E-state index contributed by atoms with van der Waals surface area (Å²) in [5.74, 6) is 0.342. The Bertz CT molecular complexity index is 1140. The monoisotopic (exact) mass is 453 g/mol. The zero-order valence-corrected chi connectivity index (χ0v) is 18.2. The highest BCUT2D eigenvalue weighted by Crippen LogP contribution is 2.32. The highest BCUT2D eigenvalue weighted by Gasteiger charge is 2.31. The van der Waals surface area contributed by atoms with E-state index in [2.05, 4.69) is 15.1 Å². The summed E-state index contributed by atoms with van der Waals surface area (Å²) in [6, 6.07) is 7.69. The van der Waals surface area contributed by atoms with E-state index in [-0.39, 0.29) is 54.2 Å². The molecule has 9 heteroatoms. The average Bonchev–Trinajstić information content (AvgIpc) is 3.55. The van der Waals surface area contributed by atoms with Crippen molar-refractivity contribution in [1.82, 2.24) is 15.1 Å². The second-order valence-electron chi connectivity index (χ2n) is 8.08. The minimum atomic E-state index is -0.567. The molecule has 1 fully saturated rings. The van der Waals surface area contributed by atoms with Crippen molar-refractivity contribution in [2.24, 2.45) is 5.92 Å². The zero-order chi connectivity index (χ0) is 23.4. The largest absolute Gasteiger partial charge is 0.481 e. The Hall–Kier alpha value is -3.46. The summed E-state index contributed by atoms with van der Waals surface area (Å²) in [5, 5.41) is 12.7. The fourth-order valence-corrected chi connectivity index (χ4v) is 3.33. The Kier molecular flexibility index (Phi) is 6.88. The number of rotatable bonds is 11. The Morgan fingerprint density at radius 3 is 2.76 bits per heavy atom. The maximum atomic E-state index is 14.5. The van der Waals surface area contributed by atoms with Crippen LogP contribution >= 0.6 is 0 Å². The van der Waals surface area contributed by atoms with Gasteiger partial charge in [0.1, 0.15) is 23.0 Å². The quantitative estimate of drug-likeness (QED) is 0.435. The number of aliphatic hydroxyl groups is 1. The van der Waals surface area contributed by atoms with E-state index in [4.69, 9.17) is 14.4 Å². The maximum Gasteiger partial charge on any atom is 0.258 e. The lowest BCUT2D eigenvalue weighted by Crippen LogP contribution is -2.07. The predicted molar refractivity (Wildman–Crippen MR) is 115 cm³/mol. The number of nitrogens with zero attached hydrogens (tertiary/aromatic N) is 3. The van der Waals surface area contributed by atoms with Crippen molar-refractivity contribution in [3.05, 3.63) is 59.4 Å². The highest BCUT2D eigenvalue weighted by atomic mass is 19.1. The molecule has 2 heterocycles. The average molecular weight is 453 g/mol. The molecule has 3 aromatic rings. The van der Waals surface area contributed by atoms with Gasteiger partial charge in [-0.2, -0.15) is 4.98 Å². The van der Waals surface area contributed by atoms with Crippen LogP contribution in [0, 0.1) is 11.7 Å². The first-order valence-electron chi connectivity index (χ1n) is 10.9. The van der Waals surface area contributed by atoms with Gasteiger partial charge in [0.05, 0.1) is 6.20 Å². The Labute approximate surface area is 189 Å². The third-order valence-electron chi connectivity index (χ3n) is 5.36. The standard InChI is InChI=1S/C24H24FN3O5/c1-14(32-19-8-9-21(26-13-19)22(31)15-4-5-15)23-27-24(33-28-23)17-7-6-16(20(25)12-17)11-18(30)3-2-10-29/h6-9,12-15,29H,2-5,10-11H2,1H3. The van der Waals surface area contributed by atoms with Crippen LogP contribution in [0.5, 0.6) is 5.75 Å². The van der Waals surface area contributed by atoms with Crippen molar-refractivity contribution in [2.75, 3.05) is 6.61 Å². The number of Topliss-reactive ketones (excluding diaryl/α,β-unsaturated/α-hetero) is 2. The van der Waals surface area contributed by atoms with Gasteiger partial charge >= 0.3 is 0 Å². The number of ether oxygens (including phenoxy) is 1. The van der Waals surface area contributed by atoms with Crippen molar-refractivity contribution >= 4 is 11.6 Å². The number of carbonyl (C=O) groups is 2. The predicted octanol–water partition coefficient (Wildman–Crippen LogP) is 3.89. The van der Waals surface area contributed by atoms with Crippen LogP contribution in [0.15, 0.2) is 41.1 Å². The number of carbonyl (C=O) groups excluding carboxylic acids is 2. The van der Waals surface area contributed by atoms with Crippen LogP contribution in [-0.4, -0.2) is 38.4 Å². The van der Waals surface area contributed by atoms with Crippen LogP contribution in [0.4, 0.5) is 4.39 Å². The van der Waals surface area contributed by atoms with Crippen LogP contribution in [0.3, 0.4) is 0 Å². The van der Waals surface area contributed by atoms with Gasteiger partial charge in [-0.1, -0.05) is 11.2 Å². The number of hydrogen-bond acceptors (Lipinski definition) is 8. The van der Waals surface area contributed by atoms with Crippen molar-refractivity contribution in [3.8, 4) is 17.2 Å². The summed E-state index contributed by atoms with van der Waals surface area (Å²) >= 11 is 0. The molecule has 33 heavy (non-hydrogen) atoms. The summed E-state index contributed by atoms with van der Waals surface area (Å²) in [7, 11) is 0. The molecule has 1 aromatic carbocycles. The van der Waals surface area contributed by atoms with Crippen molar-refractivity contribution in [1.29, 1.82) is 0 Å². The fourth-order valence-electron chi connectivity index (χ4n) is 3.33. The molecule has 8 nitrogen and oxygen atoms in total. The van der Waals surface area contributed by atoms with Gasteiger partial charge in [0.15, 0.2) is 11.9 Å². The first-order valence-corrected chi connectivity index (χ1v) is 10.9. The molecule has 2 aromatic heterocycles. The number of benzene rings is 1. The lowest BCUT2D eigenvalue weighted by molar-refractivity contribution is -0.118. The minimum Gasteiger partial charge on any atom is -0.481 e. The molecule has 1 saturated carbocycles. The molecule has 1 N–H and O–H groups in total. The normalized spacial score (nSPS) is 14.2. The van der Waals surface area contributed by atoms with E-state index in [1.807, 2.05) is 0 Å². The topological polar surface area (TPSA) is 115 Å². The maximum absolute atomic E-state index is 14.5. The molecule has 0 spiro atoms. The van der Waals surface area contributed by atoms with Gasteiger partial charge < -0.3 is 14.4 Å². The minimum absolute atomic E-state index is 0.0366. The molecule has 4 rings (SSSR count). The molecule has 1 aliphatic rings. The van der Waals surface area contributed by atoms with Crippen LogP contribution in [0.25, 0.3) is 11.5 Å². The summed E-state index contributed by atoms with van der Waals surface area (Å²) in [5.41, 5.74) is 1.09. The number of halogens is 1. The summed E-state index contributed by atoms with van der Waals surface area (Å²) < 4.78 is 25.5. The van der Waals surface area contributed by atoms with E-state index in [1.54, 1.807) is 25.1 Å². The van der Waals surface area contributed by atoms with E-state index in [9.17, 15) is 14.0 Å². The first kappa shape index (κ1) is 22.7. The van der Waals surface area contributed by atoms with E-state index in [0.29, 0.717) is 23.4 Å². The molecule has 1 aliphatic carbocycles. The highest BCUT2D eigenvalue weighted by molar-refractivity contribution is 5.97. The van der Waals surface area contributed by atoms with Crippen molar-refractivity contribution in [2.45, 2.75) is 45.1 Å². The van der Waals surface area contributed by atoms with Crippen LogP contribution < -0.4 is 4.74 Å². The molecule has 0 amide bonds. The smallest absolute Gasteiger partial charge is 0.258 e. The number of aliphatic hydroxyl groups excluding tert-OH is 1. The van der Waals surface area contributed by atoms with Crippen molar-refractivity contribution in [3.63, 3.8) is 0 Å². The molecule has 0 aliphatic heterocycles. The molecule has 0 radical (unpaired) electrons. The number of hydrogen-bond donors (Lipinski definition) is 1. The molecular weight excluding hydrogens is 429 g/mol. The Balaban J connectivity index is 1.39. The van der Waals surface area contributed by atoms with Gasteiger partial charge in [0.25, 0.3) is 5.89 Å². The van der Waals surface area contributed by atoms with E-state index < -0.39 is 11.9 Å². The number of pyridine rings is 1. The van der Waals surface area contributed by atoms with E-state index in [0.717, 1.165) is 12.8 Å². The molecular formula is C24H24FN3O5. The molecule has 0 saturated heterocycles. The van der Waals surface area contributed by atoms with Gasteiger partial charge in [-0.15, -0.1) is 0 Å². The third-order valence-corrected chi connectivity index (χ3v) is 5.36. The van der Waals surface area contributed by atoms with Gasteiger partial charge in [-0.3, -0.25) is 9.59 Å². The number of ketones is 2. The van der Waals surface area contributed by atoms with Crippen LogP contribution in [0.1, 0.15) is 60.6 Å². The van der Waals surface area contributed by atoms with Gasteiger partial charge in [0.2, 0.25) is 5.82 Å². The van der Waals surface area contributed by atoms with E-state index >= 15 is 0 Å². The molecule has 1 atom stereocenters. The second kappa shape index (κ2) is 9.99. The summed E-state index contributed by atoms with van der Waals surface area (Å²) in [6.07, 6.45) is 3.30. The summed E-state index contributed by atoms with van der Waals surface area (Å²) in [4.78, 5) is 32.4. The van der Waals surface area contributed by atoms with Gasteiger partial charge in [-0.25, -0.2) is 9.37 Å². The van der Waals surface area contributed by atoms with E-state index in [1.165, 1.54) is 18.3 Å². The SMILES string of the molecule is CC(Oc1ccc(C(=O)C2CC2)nc1)c1noc(-c2ccc(CC(=O)CCCO)c(F)c2)n1. The summed E-state index contributed by atoms with van der Waals surface area (Å²) in [6.45, 7) is 1.66.